The maximum absolute atomic E-state index is 12.5. The van der Waals surface area contributed by atoms with E-state index in [1.165, 1.54) is 12.3 Å². The fourth-order valence-electron chi connectivity index (χ4n) is 2.80. The lowest BCUT2D eigenvalue weighted by Crippen LogP contribution is -2.27. The molecule has 0 aliphatic rings. The molecule has 3 aromatic rings. The van der Waals surface area contributed by atoms with E-state index in [0.717, 1.165) is 17.7 Å². The molecule has 2 amide bonds. The molecular weight excluding hydrogens is 364 g/mol. The van der Waals surface area contributed by atoms with Crippen LogP contribution in [0, 0.1) is 0 Å². The van der Waals surface area contributed by atoms with Gasteiger partial charge in [-0.05, 0) is 48.4 Å². The number of amides is 2. The molecule has 1 heterocycles. The van der Waals surface area contributed by atoms with E-state index >= 15 is 0 Å². The van der Waals surface area contributed by atoms with Gasteiger partial charge in [0.25, 0.3) is 11.8 Å². The number of nitrogens with zero attached hydrogens (tertiary/aromatic N) is 2. The first kappa shape index (κ1) is 20.1. The molecule has 1 aromatic heterocycles. The Morgan fingerprint density at radius 2 is 1.66 bits per heavy atom. The van der Waals surface area contributed by atoms with Crippen molar-refractivity contribution >= 4 is 23.2 Å². The molecule has 148 valence electrons. The summed E-state index contributed by atoms with van der Waals surface area (Å²) in [6.07, 6.45) is 2.20. The van der Waals surface area contributed by atoms with Crippen LogP contribution in [0.15, 0.2) is 72.9 Å². The van der Waals surface area contributed by atoms with Gasteiger partial charge in [-0.1, -0.05) is 30.3 Å². The molecule has 2 N–H and O–H groups in total. The summed E-state index contributed by atoms with van der Waals surface area (Å²) in [4.78, 5) is 31.0. The molecule has 0 spiro atoms. The number of carbonyl (C=O) groups excluding carboxylic acids is 2. The average molecular weight is 388 g/mol. The molecule has 3 rings (SSSR count). The predicted molar refractivity (Wildman–Crippen MR) is 115 cm³/mol. The fourth-order valence-corrected chi connectivity index (χ4v) is 2.80. The minimum atomic E-state index is -0.300. The van der Waals surface area contributed by atoms with Crippen LogP contribution < -0.4 is 15.5 Å². The molecule has 6 heteroatoms. The van der Waals surface area contributed by atoms with Gasteiger partial charge in [0, 0.05) is 43.8 Å². The SMILES string of the molecule is CN(C)c1ccc(NC(=O)c2ccnc(C(=O)NCCc3ccccc3)c2)cc1. The fraction of sp³-hybridized carbons (Fsp3) is 0.174. The van der Waals surface area contributed by atoms with Crippen molar-refractivity contribution < 1.29 is 9.59 Å². The molecule has 0 unspecified atom stereocenters. The van der Waals surface area contributed by atoms with E-state index in [1.54, 1.807) is 6.07 Å². The zero-order valence-electron chi connectivity index (χ0n) is 16.6. The van der Waals surface area contributed by atoms with Crippen LogP contribution in [0.25, 0.3) is 0 Å². The van der Waals surface area contributed by atoms with E-state index in [0.29, 0.717) is 17.8 Å². The Bertz CT molecular complexity index is 970. The second-order valence-corrected chi connectivity index (χ2v) is 6.82. The quantitative estimate of drug-likeness (QED) is 0.651. The summed E-state index contributed by atoms with van der Waals surface area (Å²) in [5.41, 5.74) is 3.47. The van der Waals surface area contributed by atoms with Crippen molar-refractivity contribution in [3.8, 4) is 0 Å². The standard InChI is InChI=1S/C23H24N4O2/c1-27(2)20-10-8-19(9-11-20)26-22(28)18-13-15-24-21(16-18)23(29)25-14-12-17-6-4-3-5-7-17/h3-11,13,15-16H,12,14H2,1-2H3,(H,25,29)(H,26,28). The zero-order valence-corrected chi connectivity index (χ0v) is 16.6. The van der Waals surface area contributed by atoms with Crippen LogP contribution in [0.3, 0.4) is 0 Å². The summed E-state index contributed by atoms with van der Waals surface area (Å²) in [5.74, 6) is -0.589. The van der Waals surface area contributed by atoms with E-state index < -0.39 is 0 Å². The van der Waals surface area contributed by atoms with Crippen molar-refractivity contribution in [2.24, 2.45) is 0 Å². The number of rotatable bonds is 7. The lowest BCUT2D eigenvalue weighted by atomic mass is 10.1. The topological polar surface area (TPSA) is 74.3 Å². The van der Waals surface area contributed by atoms with Crippen LogP contribution in [0.5, 0.6) is 0 Å². The second kappa shape index (κ2) is 9.50. The third-order valence-corrected chi connectivity index (χ3v) is 4.44. The molecule has 0 saturated heterocycles. The van der Waals surface area contributed by atoms with Crippen molar-refractivity contribution in [3.05, 3.63) is 89.7 Å². The van der Waals surface area contributed by atoms with Crippen molar-refractivity contribution in [1.82, 2.24) is 10.3 Å². The molecule has 0 aliphatic carbocycles. The molecule has 0 bridgehead atoms. The minimum absolute atomic E-state index is 0.216. The van der Waals surface area contributed by atoms with E-state index in [2.05, 4.69) is 15.6 Å². The van der Waals surface area contributed by atoms with Crippen molar-refractivity contribution in [2.45, 2.75) is 6.42 Å². The third kappa shape index (κ3) is 5.65. The van der Waals surface area contributed by atoms with Crippen LogP contribution >= 0.6 is 0 Å². The number of carbonyl (C=O) groups is 2. The van der Waals surface area contributed by atoms with Crippen LogP contribution in [0.4, 0.5) is 11.4 Å². The Kier molecular flexibility index (Phi) is 6.58. The number of aromatic nitrogens is 1. The highest BCUT2D eigenvalue weighted by Gasteiger charge is 2.12. The largest absolute Gasteiger partial charge is 0.378 e. The van der Waals surface area contributed by atoms with E-state index in [4.69, 9.17) is 0 Å². The Morgan fingerprint density at radius 1 is 0.931 bits per heavy atom. The summed E-state index contributed by atoms with van der Waals surface area (Å²) in [5, 5.41) is 5.68. The summed E-state index contributed by atoms with van der Waals surface area (Å²) >= 11 is 0. The van der Waals surface area contributed by atoms with Gasteiger partial charge < -0.3 is 15.5 Å². The highest BCUT2D eigenvalue weighted by atomic mass is 16.2. The van der Waals surface area contributed by atoms with Gasteiger partial charge in [-0.25, -0.2) is 0 Å². The number of nitrogens with one attached hydrogen (secondary N) is 2. The number of benzene rings is 2. The molecule has 0 radical (unpaired) electrons. The first-order chi connectivity index (χ1) is 14.0. The number of anilines is 2. The van der Waals surface area contributed by atoms with Crippen LogP contribution in [0.2, 0.25) is 0 Å². The molecule has 2 aromatic carbocycles. The molecule has 29 heavy (non-hydrogen) atoms. The lowest BCUT2D eigenvalue weighted by molar-refractivity contribution is 0.0949. The Labute approximate surface area is 170 Å². The van der Waals surface area contributed by atoms with Gasteiger partial charge in [-0.3, -0.25) is 14.6 Å². The Balaban J connectivity index is 1.59. The van der Waals surface area contributed by atoms with E-state index in [1.807, 2.05) is 73.6 Å². The summed E-state index contributed by atoms with van der Waals surface area (Å²) < 4.78 is 0. The predicted octanol–water partition coefficient (Wildman–Crippen LogP) is 3.37. The van der Waals surface area contributed by atoms with Gasteiger partial charge >= 0.3 is 0 Å². The van der Waals surface area contributed by atoms with E-state index in [-0.39, 0.29) is 17.5 Å². The van der Waals surface area contributed by atoms with E-state index in [9.17, 15) is 9.59 Å². The van der Waals surface area contributed by atoms with Crippen molar-refractivity contribution in [2.75, 3.05) is 30.9 Å². The third-order valence-electron chi connectivity index (χ3n) is 4.44. The van der Waals surface area contributed by atoms with Gasteiger partial charge in [0.1, 0.15) is 5.69 Å². The maximum Gasteiger partial charge on any atom is 0.269 e. The van der Waals surface area contributed by atoms with Crippen LogP contribution in [0.1, 0.15) is 26.4 Å². The second-order valence-electron chi connectivity index (χ2n) is 6.82. The van der Waals surface area contributed by atoms with Gasteiger partial charge in [-0.15, -0.1) is 0 Å². The smallest absolute Gasteiger partial charge is 0.269 e. The molecule has 0 fully saturated rings. The lowest BCUT2D eigenvalue weighted by Gasteiger charge is -2.13. The highest BCUT2D eigenvalue weighted by molar-refractivity contribution is 6.05. The first-order valence-corrected chi connectivity index (χ1v) is 9.40. The Hall–Kier alpha value is -3.67. The normalized spacial score (nSPS) is 10.3. The molecule has 6 nitrogen and oxygen atoms in total. The van der Waals surface area contributed by atoms with Crippen molar-refractivity contribution in [3.63, 3.8) is 0 Å². The molecule has 0 atom stereocenters. The minimum Gasteiger partial charge on any atom is -0.378 e. The van der Waals surface area contributed by atoms with Gasteiger partial charge in [0.2, 0.25) is 0 Å². The average Bonchev–Trinajstić information content (AvgIpc) is 2.75. The monoisotopic (exact) mass is 388 g/mol. The highest BCUT2D eigenvalue weighted by Crippen LogP contribution is 2.16. The van der Waals surface area contributed by atoms with Gasteiger partial charge in [-0.2, -0.15) is 0 Å². The first-order valence-electron chi connectivity index (χ1n) is 9.40. The maximum atomic E-state index is 12.5. The molecular formula is C23H24N4O2. The molecule has 0 aliphatic heterocycles. The molecule has 0 saturated carbocycles. The number of hydrogen-bond donors (Lipinski definition) is 2. The summed E-state index contributed by atoms with van der Waals surface area (Å²) in [6.45, 7) is 0.499. The number of hydrogen-bond acceptors (Lipinski definition) is 4. The zero-order chi connectivity index (χ0) is 20.6. The van der Waals surface area contributed by atoms with Gasteiger partial charge in [0.15, 0.2) is 0 Å². The van der Waals surface area contributed by atoms with Crippen LogP contribution in [-0.4, -0.2) is 37.4 Å². The summed E-state index contributed by atoms with van der Waals surface area (Å²) in [7, 11) is 3.91. The van der Waals surface area contributed by atoms with Crippen molar-refractivity contribution in [1.29, 1.82) is 0 Å². The van der Waals surface area contributed by atoms with Crippen LogP contribution in [-0.2, 0) is 6.42 Å². The Morgan fingerprint density at radius 3 is 2.34 bits per heavy atom. The summed E-state index contributed by atoms with van der Waals surface area (Å²) in [6, 6.07) is 20.5. The van der Waals surface area contributed by atoms with Gasteiger partial charge in [0.05, 0.1) is 0 Å². The number of pyridine rings is 1.